The predicted molar refractivity (Wildman–Crippen MR) is 81.5 cm³/mol. The topological polar surface area (TPSA) is 79.0 Å². The fraction of sp³-hybridized carbons (Fsp3) is 0.571. The molecule has 1 saturated heterocycles. The zero-order chi connectivity index (χ0) is 15.0. The first-order chi connectivity index (χ1) is 9.98. The van der Waals surface area contributed by atoms with E-state index in [0.717, 1.165) is 29.6 Å². The number of hydrogen-bond acceptors (Lipinski definition) is 4. The lowest BCUT2D eigenvalue weighted by molar-refractivity contribution is 0.310. The van der Waals surface area contributed by atoms with E-state index >= 15 is 0 Å². The highest BCUT2D eigenvalue weighted by atomic mass is 32.2. The van der Waals surface area contributed by atoms with Gasteiger partial charge in [-0.3, -0.25) is 5.10 Å². The van der Waals surface area contributed by atoms with E-state index in [1.165, 1.54) is 0 Å². The summed E-state index contributed by atoms with van der Waals surface area (Å²) < 4.78 is 26.3. The molecule has 3 rings (SSSR count). The summed E-state index contributed by atoms with van der Waals surface area (Å²) in [4.78, 5) is 4.58. The number of piperidine rings is 1. The molecule has 1 fully saturated rings. The van der Waals surface area contributed by atoms with E-state index in [9.17, 15) is 8.42 Å². The standard InChI is InChI=1S/C14H20N4O2S/c1-10(2)21(19,20)18-7-3-4-12(9-18)13-6-5-11-8-15-17-14(11)16-13/h5-6,8,10,12H,3-4,7,9H2,1-2H3,(H,15,16,17)/t12-/m0/s1. The van der Waals surface area contributed by atoms with Crippen molar-refractivity contribution in [1.82, 2.24) is 19.5 Å². The van der Waals surface area contributed by atoms with E-state index in [-0.39, 0.29) is 11.2 Å². The molecule has 6 nitrogen and oxygen atoms in total. The number of H-pyrrole nitrogens is 1. The average molecular weight is 308 g/mol. The Labute approximate surface area is 124 Å². The normalized spacial score (nSPS) is 21.2. The predicted octanol–water partition coefficient (Wildman–Crippen LogP) is 1.88. The largest absolute Gasteiger partial charge is 0.261 e. The van der Waals surface area contributed by atoms with Crippen molar-refractivity contribution >= 4 is 21.1 Å². The van der Waals surface area contributed by atoms with Gasteiger partial charge in [-0.15, -0.1) is 0 Å². The van der Waals surface area contributed by atoms with Gasteiger partial charge in [-0.25, -0.2) is 17.7 Å². The lowest BCUT2D eigenvalue weighted by Gasteiger charge is -2.32. The second-order valence-electron chi connectivity index (χ2n) is 5.83. The zero-order valence-electron chi connectivity index (χ0n) is 12.3. The van der Waals surface area contributed by atoms with Crippen molar-refractivity contribution in [2.45, 2.75) is 37.9 Å². The minimum Gasteiger partial charge on any atom is -0.261 e. The molecular weight excluding hydrogens is 288 g/mol. The van der Waals surface area contributed by atoms with Gasteiger partial charge in [0, 0.05) is 30.1 Å². The Morgan fingerprint density at radius 3 is 2.95 bits per heavy atom. The SMILES string of the molecule is CC(C)S(=O)(=O)N1CCC[C@H](c2ccc3cn[nH]c3n2)C1. The molecule has 1 atom stereocenters. The Morgan fingerprint density at radius 2 is 2.19 bits per heavy atom. The van der Waals surface area contributed by atoms with Crippen molar-refractivity contribution in [3.8, 4) is 0 Å². The molecule has 114 valence electrons. The van der Waals surface area contributed by atoms with E-state index in [4.69, 9.17) is 0 Å². The summed E-state index contributed by atoms with van der Waals surface area (Å²) in [5, 5.41) is 7.43. The van der Waals surface area contributed by atoms with Crippen LogP contribution >= 0.6 is 0 Å². The lowest BCUT2D eigenvalue weighted by atomic mass is 9.95. The molecule has 0 aromatic carbocycles. The van der Waals surface area contributed by atoms with Crippen LogP contribution in [0.2, 0.25) is 0 Å². The van der Waals surface area contributed by atoms with Gasteiger partial charge in [0.25, 0.3) is 0 Å². The van der Waals surface area contributed by atoms with Crippen molar-refractivity contribution in [3.05, 3.63) is 24.0 Å². The summed E-state index contributed by atoms with van der Waals surface area (Å²) in [6.45, 7) is 4.60. The van der Waals surface area contributed by atoms with Crippen LogP contribution in [0.5, 0.6) is 0 Å². The Kier molecular flexibility index (Phi) is 3.71. The summed E-state index contributed by atoms with van der Waals surface area (Å²) >= 11 is 0. The van der Waals surface area contributed by atoms with Crippen molar-refractivity contribution in [2.75, 3.05) is 13.1 Å². The van der Waals surface area contributed by atoms with Gasteiger partial charge in [-0.1, -0.05) is 0 Å². The third-order valence-electron chi connectivity index (χ3n) is 4.08. The molecule has 0 unspecified atom stereocenters. The van der Waals surface area contributed by atoms with Crippen molar-refractivity contribution in [3.63, 3.8) is 0 Å². The summed E-state index contributed by atoms with van der Waals surface area (Å²) in [5.41, 5.74) is 1.70. The molecule has 0 bridgehead atoms. The Bertz CT molecular complexity index is 738. The van der Waals surface area contributed by atoms with Crippen LogP contribution < -0.4 is 0 Å². The van der Waals surface area contributed by atoms with Crippen molar-refractivity contribution in [1.29, 1.82) is 0 Å². The number of pyridine rings is 1. The number of aromatic amines is 1. The molecule has 0 saturated carbocycles. The summed E-state index contributed by atoms with van der Waals surface area (Å²) in [7, 11) is -3.19. The molecule has 0 radical (unpaired) electrons. The average Bonchev–Trinajstić information content (AvgIpc) is 2.94. The van der Waals surface area contributed by atoms with Gasteiger partial charge < -0.3 is 0 Å². The van der Waals surface area contributed by atoms with E-state index in [1.807, 2.05) is 12.1 Å². The Morgan fingerprint density at radius 1 is 1.38 bits per heavy atom. The molecule has 1 N–H and O–H groups in total. The second kappa shape index (κ2) is 5.38. The van der Waals surface area contributed by atoms with Crippen LogP contribution in [0.15, 0.2) is 18.3 Å². The molecular formula is C14H20N4O2S. The van der Waals surface area contributed by atoms with E-state index in [2.05, 4.69) is 15.2 Å². The smallest absolute Gasteiger partial charge is 0.216 e. The molecule has 21 heavy (non-hydrogen) atoms. The molecule has 1 aliphatic rings. The van der Waals surface area contributed by atoms with Crippen LogP contribution in [0.1, 0.15) is 38.3 Å². The van der Waals surface area contributed by atoms with Gasteiger partial charge in [0.15, 0.2) is 5.65 Å². The fourth-order valence-electron chi connectivity index (χ4n) is 2.78. The van der Waals surface area contributed by atoms with E-state index < -0.39 is 10.0 Å². The first kappa shape index (κ1) is 14.5. The van der Waals surface area contributed by atoms with Crippen LogP contribution in [0, 0.1) is 0 Å². The minimum atomic E-state index is -3.19. The lowest BCUT2D eigenvalue weighted by Crippen LogP contribution is -2.42. The maximum atomic E-state index is 12.3. The van der Waals surface area contributed by atoms with Crippen LogP contribution in [0.3, 0.4) is 0 Å². The van der Waals surface area contributed by atoms with Gasteiger partial charge in [-0.2, -0.15) is 5.10 Å². The van der Waals surface area contributed by atoms with Crippen LogP contribution in [-0.2, 0) is 10.0 Å². The molecule has 1 aliphatic heterocycles. The van der Waals surface area contributed by atoms with Crippen LogP contribution in [0.4, 0.5) is 0 Å². The van der Waals surface area contributed by atoms with E-state index in [0.29, 0.717) is 13.1 Å². The van der Waals surface area contributed by atoms with Gasteiger partial charge in [0.1, 0.15) is 0 Å². The van der Waals surface area contributed by atoms with Gasteiger partial charge in [-0.05, 0) is 38.8 Å². The summed E-state index contributed by atoms with van der Waals surface area (Å²) in [6, 6.07) is 3.96. The van der Waals surface area contributed by atoms with Gasteiger partial charge >= 0.3 is 0 Å². The Balaban J connectivity index is 1.85. The van der Waals surface area contributed by atoms with Gasteiger partial charge in [0.05, 0.1) is 11.4 Å². The fourth-order valence-corrected chi connectivity index (χ4v) is 4.15. The quantitative estimate of drug-likeness (QED) is 0.939. The minimum absolute atomic E-state index is 0.153. The number of sulfonamides is 1. The maximum Gasteiger partial charge on any atom is 0.216 e. The highest BCUT2D eigenvalue weighted by Crippen LogP contribution is 2.29. The third-order valence-corrected chi connectivity index (χ3v) is 6.32. The molecule has 0 spiro atoms. The number of rotatable bonds is 3. The number of aromatic nitrogens is 3. The molecule has 2 aromatic heterocycles. The second-order valence-corrected chi connectivity index (χ2v) is 8.32. The first-order valence-corrected chi connectivity index (χ1v) is 8.78. The molecule has 3 heterocycles. The van der Waals surface area contributed by atoms with Crippen molar-refractivity contribution in [2.24, 2.45) is 0 Å². The van der Waals surface area contributed by atoms with Crippen LogP contribution in [0.25, 0.3) is 11.0 Å². The number of fused-ring (bicyclic) bond motifs is 1. The van der Waals surface area contributed by atoms with Crippen molar-refractivity contribution < 1.29 is 8.42 Å². The summed E-state index contributed by atoms with van der Waals surface area (Å²) in [6.07, 6.45) is 3.58. The molecule has 7 heteroatoms. The molecule has 0 amide bonds. The number of nitrogens with one attached hydrogen (secondary N) is 1. The monoisotopic (exact) mass is 308 g/mol. The molecule has 2 aromatic rings. The van der Waals surface area contributed by atoms with E-state index in [1.54, 1.807) is 24.3 Å². The number of nitrogens with zero attached hydrogens (tertiary/aromatic N) is 3. The first-order valence-electron chi connectivity index (χ1n) is 7.27. The highest BCUT2D eigenvalue weighted by molar-refractivity contribution is 7.89. The zero-order valence-corrected chi connectivity index (χ0v) is 13.1. The third kappa shape index (κ3) is 2.67. The number of hydrogen-bond donors (Lipinski definition) is 1. The highest BCUT2D eigenvalue weighted by Gasteiger charge is 2.32. The molecule has 0 aliphatic carbocycles. The van der Waals surface area contributed by atoms with Crippen LogP contribution in [-0.4, -0.2) is 46.2 Å². The van der Waals surface area contributed by atoms with Gasteiger partial charge in [0.2, 0.25) is 10.0 Å². The summed E-state index contributed by atoms with van der Waals surface area (Å²) in [5.74, 6) is 0.153. The maximum absolute atomic E-state index is 12.3. The Hall–Kier alpha value is -1.47.